The monoisotopic (exact) mass is 289 g/mol. The topological polar surface area (TPSA) is 26.0 Å². The van der Waals surface area contributed by atoms with Crippen molar-refractivity contribution in [2.45, 2.75) is 31.1 Å². The predicted molar refractivity (Wildman–Crippen MR) is 63.3 cm³/mol. The van der Waals surface area contributed by atoms with Gasteiger partial charge in [-0.2, -0.15) is 0 Å². The molecule has 0 aliphatic heterocycles. The Hall–Kier alpha value is -0.480. The summed E-state index contributed by atoms with van der Waals surface area (Å²) >= 11 is 3.08. The van der Waals surface area contributed by atoms with Gasteiger partial charge in [-0.05, 0) is 25.0 Å². The van der Waals surface area contributed by atoms with Crippen LogP contribution in [0.2, 0.25) is 0 Å². The van der Waals surface area contributed by atoms with Crippen LogP contribution in [-0.2, 0) is 5.41 Å². The van der Waals surface area contributed by atoms with Gasteiger partial charge in [0.15, 0.2) is 0 Å². The number of hydrogen-bond acceptors (Lipinski definition) is 1. The van der Waals surface area contributed by atoms with Gasteiger partial charge in [-0.15, -0.1) is 0 Å². The van der Waals surface area contributed by atoms with Crippen molar-refractivity contribution >= 4 is 15.9 Å². The second-order valence-corrected chi connectivity index (χ2v) is 5.35. The van der Waals surface area contributed by atoms with Crippen molar-refractivity contribution in [3.8, 4) is 0 Å². The first kappa shape index (κ1) is 12.0. The van der Waals surface area contributed by atoms with Gasteiger partial charge in [0.25, 0.3) is 0 Å². The van der Waals surface area contributed by atoms with E-state index in [1.807, 2.05) is 0 Å². The molecule has 0 spiro atoms. The Morgan fingerprint density at radius 2 is 1.69 bits per heavy atom. The van der Waals surface area contributed by atoms with Crippen LogP contribution in [0.5, 0.6) is 0 Å². The van der Waals surface area contributed by atoms with E-state index in [2.05, 4.69) is 15.9 Å². The van der Waals surface area contributed by atoms with Crippen LogP contribution >= 0.6 is 15.9 Å². The summed E-state index contributed by atoms with van der Waals surface area (Å²) in [5, 5.41) is 0. The van der Waals surface area contributed by atoms with Gasteiger partial charge in [0.1, 0.15) is 11.6 Å². The number of nitrogens with two attached hydrogens (primary N) is 1. The second kappa shape index (κ2) is 4.41. The molecule has 0 radical (unpaired) electrons. The van der Waals surface area contributed by atoms with Gasteiger partial charge in [-0.3, -0.25) is 0 Å². The second-order valence-electron chi connectivity index (χ2n) is 4.44. The third-order valence-corrected chi connectivity index (χ3v) is 3.95. The van der Waals surface area contributed by atoms with Gasteiger partial charge in [0, 0.05) is 22.0 Å². The van der Waals surface area contributed by atoms with Crippen molar-refractivity contribution in [3.05, 3.63) is 33.8 Å². The maximum Gasteiger partial charge on any atom is 0.131 e. The number of halogens is 3. The molecular formula is C12H14BrF2N. The van der Waals surface area contributed by atoms with Crippen molar-refractivity contribution in [2.24, 2.45) is 5.73 Å². The average Bonchev–Trinajstić information content (AvgIpc) is 2.66. The molecule has 88 valence electrons. The van der Waals surface area contributed by atoms with E-state index in [0.29, 0.717) is 11.0 Å². The molecule has 1 fully saturated rings. The Kier molecular flexibility index (Phi) is 3.31. The smallest absolute Gasteiger partial charge is 0.131 e. The normalized spacial score (nSPS) is 19.0. The summed E-state index contributed by atoms with van der Waals surface area (Å²) in [5.74, 6) is -0.974. The lowest BCUT2D eigenvalue weighted by atomic mass is 9.78. The van der Waals surface area contributed by atoms with E-state index >= 15 is 0 Å². The van der Waals surface area contributed by atoms with Crippen molar-refractivity contribution < 1.29 is 8.78 Å². The molecule has 16 heavy (non-hydrogen) atoms. The van der Waals surface area contributed by atoms with Gasteiger partial charge < -0.3 is 5.73 Å². The van der Waals surface area contributed by atoms with Gasteiger partial charge in [0.05, 0.1) is 0 Å². The molecule has 0 saturated heterocycles. The molecular weight excluding hydrogens is 276 g/mol. The zero-order valence-electron chi connectivity index (χ0n) is 8.90. The highest BCUT2D eigenvalue weighted by Crippen LogP contribution is 2.42. The van der Waals surface area contributed by atoms with E-state index in [4.69, 9.17) is 5.73 Å². The van der Waals surface area contributed by atoms with Crippen LogP contribution in [0.1, 0.15) is 31.2 Å². The summed E-state index contributed by atoms with van der Waals surface area (Å²) < 4.78 is 28.2. The van der Waals surface area contributed by atoms with E-state index in [0.717, 1.165) is 25.7 Å². The van der Waals surface area contributed by atoms with Gasteiger partial charge in [-0.25, -0.2) is 8.78 Å². The molecule has 2 rings (SSSR count). The molecule has 1 aromatic carbocycles. The van der Waals surface area contributed by atoms with Crippen LogP contribution in [0.15, 0.2) is 16.6 Å². The average molecular weight is 290 g/mol. The minimum atomic E-state index is -0.491. The van der Waals surface area contributed by atoms with E-state index < -0.39 is 17.0 Å². The molecule has 0 unspecified atom stereocenters. The molecule has 0 heterocycles. The lowest BCUT2D eigenvalue weighted by molar-refractivity contribution is 0.400. The van der Waals surface area contributed by atoms with Crippen LogP contribution in [-0.4, -0.2) is 6.54 Å². The third kappa shape index (κ3) is 1.89. The summed E-state index contributed by atoms with van der Waals surface area (Å²) in [6.07, 6.45) is 3.54. The largest absolute Gasteiger partial charge is 0.330 e. The quantitative estimate of drug-likeness (QED) is 0.886. The lowest BCUT2D eigenvalue weighted by Crippen LogP contribution is -2.34. The highest BCUT2D eigenvalue weighted by atomic mass is 79.9. The van der Waals surface area contributed by atoms with Crippen LogP contribution in [0.3, 0.4) is 0 Å². The molecule has 0 bridgehead atoms. The minimum Gasteiger partial charge on any atom is -0.330 e. The Bertz CT molecular complexity index is 377. The highest BCUT2D eigenvalue weighted by Gasteiger charge is 2.38. The first-order chi connectivity index (χ1) is 7.59. The zero-order chi connectivity index (χ0) is 11.8. The summed E-state index contributed by atoms with van der Waals surface area (Å²) in [6, 6.07) is 2.63. The summed E-state index contributed by atoms with van der Waals surface area (Å²) in [6.45, 7) is 0.308. The van der Waals surface area contributed by atoms with E-state index in [-0.39, 0.29) is 5.56 Å². The molecule has 0 amide bonds. The first-order valence-corrected chi connectivity index (χ1v) is 6.23. The van der Waals surface area contributed by atoms with E-state index in [1.54, 1.807) is 0 Å². The molecule has 4 heteroatoms. The molecule has 0 aromatic heterocycles. The Morgan fingerprint density at radius 1 is 1.19 bits per heavy atom. The molecule has 2 N–H and O–H groups in total. The number of rotatable bonds is 2. The fraction of sp³-hybridized carbons (Fsp3) is 0.500. The lowest BCUT2D eigenvalue weighted by Gasteiger charge is -2.28. The summed E-state index contributed by atoms with van der Waals surface area (Å²) in [5.41, 5.74) is 5.42. The predicted octanol–water partition coefficient (Wildman–Crippen LogP) is 3.50. The molecule has 1 aromatic rings. The van der Waals surface area contributed by atoms with Gasteiger partial charge in [0.2, 0.25) is 0 Å². The van der Waals surface area contributed by atoms with Crippen molar-refractivity contribution in [2.75, 3.05) is 6.54 Å². The van der Waals surface area contributed by atoms with Crippen molar-refractivity contribution in [1.29, 1.82) is 0 Å². The van der Waals surface area contributed by atoms with E-state index in [1.165, 1.54) is 12.1 Å². The van der Waals surface area contributed by atoms with Crippen LogP contribution in [0.25, 0.3) is 0 Å². The highest BCUT2D eigenvalue weighted by molar-refractivity contribution is 9.10. The van der Waals surface area contributed by atoms with Crippen LogP contribution in [0, 0.1) is 11.6 Å². The zero-order valence-corrected chi connectivity index (χ0v) is 10.5. The van der Waals surface area contributed by atoms with Crippen LogP contribution < -0.4 is 5.73 Å². The van der Waals surface area contributed by atoms with Gasteiger partial charge in [-0.1, -0.05) is 28.8 Å². The molecule has 1 nitrogen and oxygen atoms in total. The SMILES string of the molecule is NCC1(c2c(F)cc(Br)cc2F)CCCC1. The fourth-order valence-corrected chi connectivity index (χ4v) is 3.06. The maximum absolute atomic E-state index is 13.9. The minimum absolute atomic E-state index is 0.177. The van der Waals surface area contributed by atoms with Crippen molar-refractivity contribution in [1.82, 2.24) is 0 Å². The molecule has 0 atom stereocenters. The van der Waals surface area contributed by atoms with Gasteiger partial charge >= 0.3 is 0 Å². The van der Waals surface area contributed by atoms with E-state index in [9.17, 15) is 8.78 Å². The third-order valence-electron chi connectivity index (χ3n) is 3.49. The Labute approximate surface area is 102 Å². The number of hydrogen-bond donors (Lipinski definition) is 1. The maximum atomic E-state index is 13.9. The standard InChI is InChI=1S/C12H14BrF2N/c13-8-5-9(14)11(10(15)6-8)12(7-16)3-1-2-4-12/h5-6H,1-4,7,16H2. The molecule has 1 aliphatic carbocycles. The first-order valence-electron chi connectivity index (χ1n) is 5.44. The summed E-state index contributed by atoms with van der Waals surface area (Å²) in [7, 11) is 0. The fourth-order valence-electron chi connectivity index (χ4n) is 2.66. The molecule has 1 saturated carbocycles. The summed E-state index contributed by atoms with van der Waals surface area (Å²) in [4.78, 5) is 0. The van der Waals surface area contributed by atoms with Crippen LogP contribution in [0.4, 0.5) is 8.78 Å². The molecule has 1 aliphatic rings. The Morgan fingerprint density at radius 3 is 2.12 bits per heavy atom. The van der Waals surface area contributed by atoms with Crippen molar-refractivity contribution in [3.63, 3.8) is 0 Å². The number of benzene rings is 1. The Balaban J connectivity index is 2.54.